The number of anilines is 1. The second kappa shape index (κ2) is 7.06. The van der Waals surface area contributed by atoms with Crippen LogP contribution in [0.4, 0.5) is 5.69 Å². The Bertz CT molecular complexity index is 1190. The third kappa shape index (κ3) is 3.90. The summed E-state index contributed by atoms with van der Waals surface area (Å²) in [5.74, 6) is 1.61. The maximum atomic E-state index is 12.8. The van der Waals surface area contributed by atoms with Crippen LogP contribution in [0.2, 0.25) is 5.02 Å². The van der Waals surface area contributed by atoms with E-state index >= 15 is 0 Å². The van der Waals surface area contributed by atoms with E-state index in [4.69, 9.17) is 16.0 Å². The first kappa shape index (κ1) is 20.3. The molecule has 1 aliphatic carbocycles. The summed E-state index contributed by atoms with van der Waals surface area (Å²) >= 11 is 6.03. The molecule has 1 aromatic heterocycles. The standard InChI is InChI=1S/C23H26ClNO3S/c1-14-11-17(7-8-20(14)24)29(26,27)25-16-6-10-22-19(13-16)18-12-15(23(2,3)4)5-9-21(18)28-22/h6-8,10-11,13,15,25H,5,9,12H2,1-4H3. The molecule has 0 amide bonds. The predicted octanol–water partition coefficient (Wildman–Crippen LogP) is 6.35. The quantitative estimate of drug-likeness (QED) is 0.525. The van der Waals surface area contributed by atoms with Crippen molar-refractivity contribution in [1.82, 2.24) is 0 Å². The zero-order chi connectivity index (χ0) is 21.0. The number of rotatable bonds is 3. The van der Waals surface area contributed by atoms with Gasteiger partial charge in [0.2, 0.25) is 0 Å². The van der Waals surface area contributed by atoms with E-state index in [0.29, 0.717) is 16.6 Å². The van der Waals surface area contributed by atoms with Crippen LogP contribution in [0.25, 0.3) is 11.0 Å². The van der Waals surface area contributed by atoms with Crippen LogP contribution in [-0.4, -0.2) is 8.42 Å². The molecule has 0 aliphatic heterocycles. The summed E-state index contributed by atoms with van der Waals surface area (Å²) in [4.78, 5) is 0.196. The van der Waals surface area contributed by atoms with Crippen LogP contribution in [0.3, 0.4) is 0 Å². The van der Waals surface area contributed by atoms with Gasteiger partial charge in [0.1, 0.15) is 11.3 Å². The van der Waals surface area contributed by atoms with E-state index in [1.165, 1.54) is 11.6 Å². The summed E-state index contributed by atoms with van der Waals surface area (Å²) in [6, 6.07) is 10.2. The van der Waals surface area contributed by atoms with Crippen LogP contribution in [0.15, 0.2) is 45.7 Å². The molecule has 2 aromatic carbocycles. The number of benzene rings is 2. The molecule has 0 saturated carbocycles. The minimum atomic E-state index is -3.70. The normalized spacial score (nSPS) is 17.3. The van der Waals surface area contributed by atoms with Crippen molar-refractivity contribution in [2.75, 3.05) is 4.72 Å². The Morgan fingerprint density at radius 1 is 1.14 bits per heavy atom. The highest BCUT2D eigenvalue weighted by Crippen LogP contribution is 2.41. The van der Waals surface area contributed by atoms with Gasteiger partial charge in [0.25, 0.3) is 10.0 Å². The number of aryl methyl sites for hydroxylation is 2. The van der Waals surface area contributed by atoms with Crippen LogP contribution >= 0.6 is 11.6 Å². The van der Waals surface area contributed by atoms with Gasteiger partial charge in [0.15, 0.2) is 0 Å². The van der Waals surface area contributed by atoms with Gasteiger partial charge in [-0.1, -0.05) is 32.4 Å². The Balaban J connectivity index is 1.68. The first-order chi connectivity index (χ1) is 13.5. The minimum Gasteiger partial charge on any atom is -0.461 e. The topological polar surface area (TPSA) is 59.3 Å². The molecule has 154 valence electrons. The van der Waals surface area contributed by atoms with Gasteiger partial charge >= 0.3 is 0 Å². The van der Waals surface area contributed by atoms with E-state index in [2.05, 4.69) is 25.5 Å². The second-order valence-corrected chi connectivity index (χ2v) is 11.1. The van der Waals surface area contributed by atoms with Crippen molar-refractivity contribution in [1.29, 1.82) is 0 Å². The summed E-state index contributed by atoms with van der Waals surface area (Å²) < 4.78 is 34.4. The number of fused-ring (bicyclic) bond motifs is 3. The first-order valence-electron chi connectivity index (χ1n) is 9.88. The number of hydrogen-bond donors (Lipinski definition) is 1. The summed E-state index contributed by atoms with van der Waals surface area (Å²) in [5.41, 5.74) is 3.52. The Kier molecular flexibility index (Phi) is 4.94. The number of halogens is 1. The molecule has 0 bridgehead atoms. The fraction of sp³-hybridized carbons (Fsp3) is 0.391. The average Bonchev–Trinajstić information content (AvgIpc) is 3.00. The summed E-state index contributed by atoms with van der Waals surface area (Å²) in [6.07, 6.45) is 3.00. The molecule has 1 aliphatic rings. The van der Waals surface area contributed by atoms with Gasteiger partial charge in [0.05, 0.1) is 4.90 Å². The molecule has 1 N–H and O–H groups in total. The van der Waals surface area contributed by atoms with Gasteiger partial charge in [-0.05, 0) is 73.1 Å². The van der Waals surface area contributed by atoms with Gasteiger partial charge < -0.3 is 4.42 Å². The molecule has 1 unspecified atom stereocenters. The Labute approximate surface area is 177 Å². The van der Waals surface area contributed by atoms with Gasteiger partial charge in [0, 0.05) is 28.1 Å². The lowest BCUT2D eigenvalue weighted by molar-refractivity contribution is 0.210. The zero-order valence-electron chi connectivity index (χ0n) is 17.2. The number of sulfonamides is 1. The smallest absolute Gasteiger partial charge is 0.261 e. The second-order valence-electron chi connectivity index (χ2n) is 9.04. The number of furan rings is 1. The summed E-state index contributed by atoms with van der Waals surface area (Å²) in [6.45, 7) is 8.62. The van der Waals surface area contributed by atoms with Crippen LogP contribution in [0.5, 0.6) is 0 Å². The van der Waals surface area contributed by atoms with Crippen LogP contribution in [0.1, 0.15) is 44.1 Å². The Morgan fingerprint density at radius 2 is 1.90 bits per heavy atom. The molecule has 0 radical (unpaired) electrons. The van der Waals surface area contributed by atoms with Crippen molar-refractivity contribution in [3.8, 4) is 0 Å². The number of nitrogens with one attached hydrogen (secondary N) is 1. The molecule has 6 heteroatoms. The molecule has 0 saturated heterocycles. The summed E-state index contributed by atoms with van der Waals surface area (Å²) in [7, 11) is -3.70. The zero-order valence-corrected chi connectivity index (χ0v) is 18.7. The Morgan fingerprint density at radius 3 is 2.59 bits per heavy atom. The molecule has 1 atom stereocenters. The van der Waals surface area contributed by atoms with Crippen molar-refractivity contribution in [2.45, 2.75) is 51.9 Å². The van der Waals surface area contributed by atoms with E-state index in [-0.39, 0.29) is 10.3 Å². The highest BCUT2D eigenvalue weighted by atomic mass is 35.5. The van der Waals surface area contributed by atoms with Crippen LogP contribution in [0, 0.1) is 18.3 Å². The molecule has 29 heavy (non-hydrogen) atoms. The summed E-state index contributed by atoms with van der Waals surface area (Å²) in [5, 5.41) is 1.55. The monoisotopic (exact) mass is 431 g/mol. The minimum absolute atomic E-state index is 0.196. The van der Waals surface area contributed by atoms with E-state index in [1.807, 2.05) is 12.1 Å². The molecule has 1 heterocycles. The van der Waals surface area contributed by atoms with Gasteiger partial charge in [-0.25, -0.2) is 8.42 Å². The lowest BCUT2D eigenvalue weighted by Gasteiger charge is -2.33. The molecule has 0 fully saturated rings. The van der Waals surface area contributed by atoms with Crippen LogP contribution < -0.4 is 4.72 Å². The average molecular weight is 432 g/mol. The van der Waals surface area contributed by atoms with Crippen molar-refractivity contribution in [2.24, 2.45) is 11.3 Å². The van der Waals surface area contributed by atoms with E-state index in [1.54, 1.807) is 25.1 Å². The highest BCUT2D eigenvalue weighted by Gasteiger charge is 2.31. The maximum Gasteiger partial charge on any atom is 0.261 e. The molecule has 4 rings (SSSR count). The van der Waals surface area contributed by atoms with Crippen molar-refractivity contribution >= 4 is 38.3 Å². The van der Waals surface area contributed by atoms with Crippen molar-refractivity contribution in [3.63, 3.8) is 0 Å². The maximum absolute atomic E-state index is 12.8. The molecule has 3 aromatic rings. The fourth-order valence-electron chi connectivity index (χ4n) is 4.08. The van der Waals surface area contributed by atoms with Crippen molar-refractivity contribution < 1.29 is 12.8 Å². The largest absolute Gasteiger partial charge is 0.461 e. The molecule has 0 spiro atoms. The predicted molar refractivity (Wildman–Crippen MR) is 118 cm³/mol. The fourth-order valence-corrected chi connectivity index (χ4v) is 5.33. The molecular weight excluding hydrogens is 406 g/mol. The van der Waals surface area contributed by atoms with E-state index in [0.717, 1.165) is 41.6 Å². The van der Waals surface area contributed by atoms with Crippen LogP contribution in [-0.2, 0) is 22.9 Å². The van der Waals surface area contributed by atoms with E-state index in [9.17, 15) is 8.42 Å². The third-order valence-corrected chi connectivity index (χ3v) is 7.76. The molecular formula is C23H26ClNO3S. The lowest BCUT2D eigenvalue weighted by atomic mass is 9.71. The van der Waals surface area contributed by atoms with E-state index < -0.39 is 10.0 Å². The SMILES string of the molecule is Cc1cc(S(=O)(=O)Nc2ccc3oc4c(c3c2)CC(C(C)(C)C)CC4)ccc1Cl. The third-order valence-electron chi connectivity index (χ3n) is 5.96. The highest BCUT2D eigenvalue weighted by molar-refractivity contribution is 7.92. The number of hydrogen-bond acceptors (Lipinski definition) is 3. The lowest BCUT2D eigenvalue weighted by Crippen LogP contribution is -2.26. The molecule has 4 nitrogen and oxygen atoms in total. The van der Waals surface area contributed by atoms with Gasteiger partial charge in [-0.3, -0.25) is 4.72 Å². The Hall–Kier alpha value is -1.98. The first-order valence-corrected chi connectivity index (χ1v) is 11.7. The van der Waals surface area contributed by atoms with Gasteiger partial charge in [-0.2, -0.15) is 0 Å². The van der Waals surface area contributed by atoms with Crippen molar-refractivity contribution in [3.05, 3.63) is 58.3 Å². The van der Waals surface area contributed by atoms with Gasteiger partial charge in [-0.15, -0.1) is 0 Å².